The number of nitrogens with one attached hydrogen (secondary N) is 2. The molecule has 2 aliphatic heterocycles. The van der Waals surface area contributed by atoms with E-state index in [1.54, 1.807) is 0 Å². The third-order valence-corrected chi connectivity index (χ3v) is 4.13. The number of halogens is 1. The fourth-order valence-corrected chi connectivity index (χ4v) is 3.02. The molecule has 0 amide bonds. The molecule has 1 aromatic carbocycles. The standard InChI is InChI=1S/C16H24N4.HI/c1-2-6-14(7-3-1)13-20-11-4-8-15(20)12-19-16-17-9-5-10-18-16;/h1-3,6-7,15H,4-5,8-13H2,(H2,17,18,19);1H. The maximum atomic E-state index is 4.48. The van der Waals surface area contributed by atoms with Crippen molar-refractivity contribution in [3.63, 3.8) is 0 Å². The van der Waals surface area contributed by atoms with Gasteiger partial charge in [-0.1, -0.05) is 30.3 Å². The van der Waals surface area contributed by atoms with Gasteiger partial charge in [0, 0.05) is 32.2 Å². The number of aliphatic imine (C=N–C) groups is 1. The summed E-state index contributed by atoms with van der Waals surface area (Å²) in [5.74, 6) is 0.989. The van der Waals surface area contributed by atoms with Crippen molar-refractivity contribution in [3.05, 3.63) is 35.9 Å². The van der Waals surface area contributed by atoms with Gasteiger partial charge in [-0.05, 0) is 31.4 Å². The Morgan fingerprint density at radius 2 is 2.10 bits per heavy atom. The SMILES string of the molecule is I.c1ccc(CN2CCCC2CNC2=NCCCN2)cc1. The molecule has 1 fully saturated rings. The number of guanidine groups is 1. The molecule has 1 saturated heterocycles. The predicted octanol–water partition coefficient (Wildman–Crippen LogP) is 2.21. The van der Waals surface area contributed by atoms with Crippen LogP contribution in [-0.4, -0.2) is 43.1 Å². The molecule has 0 aliphatic carbocycles. The predicted molar refractivity (Wildman–Crippen MR) is 98.2 cm³/mol. The average molecular weight is 400 g/mol. The normalized spacial score (nSPS) is 22.1. The van der Waals surface area contributed by atoms with E-state index in [-0.39, 0.29) is 24.0 Å². The number of benzene rings is 1. The van der Waals surface area contributed by atoms with Crippen LogP contribution in [0.25, 0.3) is 0 Å². The minimum absolute atomic E-state index is 0. The van der Waals surface area contributed by atoms with Crippen molar-refractivity contribution in [2.45, 2.75) is 31.8 Å². The van der Waals surface area contributed by atoms with Gasteiger partial charge in [-0.3, -0.25) is 9.89 Å². The average Bonchev–Trinajstić information content (AvgIpc) is 2.94. The Labute approximate surface area is 144 Å². The molecule has 2 aliphatic rings. The van der Waals surface area contributed by atoms with Crippen LogP contribution in [0.3, 0.4) is 0 Å². The van der Waals surface area contributed by atoms with Crippen molar-refractivity contribution in [2.75, 3.05) is 26.2 Å². The fraction of sp³-hybridized carbons (Fsp3) is 0.562. The molecule has 4 nitrogen and oxygen atoms in total. The van der Waals surface area contributed by atoms with Crippen LogP contribution in [0, 0.1) is 0 Å². The smallest absolute Gasteiger partial charge is 0.191 e. The lowest BCUT2D eigenvalue weighted by Gasteiger charge is -2.26. The number of rotatable bonds is 4. The number of nitrogens with zero attached hydrogens (tertiary/aromatic N) is 2. The summed E-state index contributed by atoms with van der Waals surface area (Å²) in [6.45, 7) is 5.27. The molecule has 21 heavy (non-hydrogen) atoms. The number of hydrogen-bond donors (Lipinski definition) is 2. The zero-order valence-corrected chi connectivity index (χ0v) is 14.8. The molecule has 1 aromatic rings. The van der Waals surface area contributed by atoms with E-state index >= 15 is 0 Å². The molecule has 3 rings (SSSR count). The van der Waals surface area contributed by atoms with Gasteiger partial charge in [0.15, 0.2) is 5.96 Å². The molecular formula is C16H25IN4. The van der Waals surface area contributed by atoms with Crippen LogP contribution in [0.15, 0.2) is 35.3 Å². The van der Waals surface area contributed by atoms with Crippen LogP contribution in [0.5, 0.6) is 0 Å². The van der Waals surface area contributed by atoms with Crippen molar-refractivity contribution < 1.29 is 0 Å². The van der Waals surface area contributed by atoms with Crippen LogP contribution < -0.4 is 10.6 Å². The van der Waals surface area contributed by atoms with E-state index in [1.807, 2.05) is 0 Å². The van der Waals surface area contributed by atoms with Crippen molar-refractivity contribution in [2.24, 2.45) is 4.99 Å². The minimum atomic E-state index is 0. The first kappa shape index (κ1) is 16.5. The molecule has 1 unspecified atom stereocenters. The van der Waals surface area contributed by atoms with E-state index in [2.05, 4.69) is 50.9 Å². The molecule has 5 heteroatoms. The maximum Gasteiger partial charge on any atom is 0.191 e. The first-order valence-corrected chi connectivity index (χ1v) is 7.72. The second-order valence-corrected chi connectivity index (χ2v) is 5.64. The zero-order valence-electron chi connectivity index (χ0n) is 12.4. The maximum absolute atomic E-state index is 4.48. The van der Waals surface area contributed by atoms with Crippen LogP contribution >= 0.6 is 24.0 Å². The summed E-state index contributed by atoms with van der Waals surface area (Å²) in [4.78, 5) is 7.06. The largest absolute Gasteiger partial charge is 0.356 e. The van der Waals surface area contributed by atoms with Crippen molar-refractivity contribution in [3.8, 4) is 0 Å². The monoisotopic (exact) mass is 400 g/mol. The molecule has 1 atom stereocenters. The Kier molecular flexibility index (Phi) is 6.76. The molecule has 2 N–H and O–H groups in total. The van der Waals surface area contributed by atoms with Crippen LogP contribution in [0.1, 0.15) is 24.8 Å². The molecule has 0 saturated carbocycles. The molecule has 2 heterocycles. The van der Waals surface area contributed by atoms with Gasteiger partial charge in [-0.15, -0.1) is 24.0 Å². The van der Waals surface area contributed by atoms with Gasteiger partial charge >= 0.3 is 0 Å². The highest BCUT2D eigenvalue weighted by Crippen LogP contribution is 2.19. The Morgan fingerprint density at radius 1 is 1.24 bits per heavy atom. The third-order valence-electron chi connectivity index (χ3n) is 4.13. The van der Waals surface area contributed by atoms with Crippen LogP contribution in [0.4, 0.5) is 0 Å². The van der Waals surface area contributed by atoms with E-state index < -0.39 is 0 Å². The van der Waals surface area contributed by atoms with Gasteiger partial charge < -0.3 is 10.6 Å². The summed E-state index contributed by atoms with van der Waals surface area (Å²) in [5.41, 5.74) is 1.41. The summed E-state index contributed by atoms with van der Waals surface area (Å²) < 4.78 is 0. The molecule has 0 spiro atoms. The Morgan fingerprint density at radius 3 is 2.86 bits per heavy atom. The highest BCUT2D eigenvalue weighted by molar-refractivity contribution is 14.0. The number of likely N-dealkylation sites (tertiary alicyclic amines) is 1. The Hall–Kier alpha value is -0.820. The fourth-order valence-electron chi connectivity index (χ4n) is 3.02. The first-order valence-electron chi connectivity index (χ1n) is 7.72. The summed E-state index contributed by atoms with van der Waals surface area (Å²) in [6, 6.07) is 11.4. The lowest BCUT2D eigenvalue weighted by Crippen LogP contribution is -2.46. The Bertz CT molecular complexity index is 449. The van der Waals surface area contributed by atoms with E-state index in [0.29, 0.717) is 6.04 Å². The quantitative estimate of drug-likeness (QED) is 0.762. The Balaban J connectivity index is 0.00000161. The van der Waals surface area contributed by atoms with E-state index in [1.165, 1.54) is 24.9 Å². The summed E-state index contributed by atoms with van der Waals surface area (Å²) in [6.07, 6.45) is 3.74. The van der Waals surface area contributed by atoms with Gasteiger partial charge in [-0.2, -0.15) is 0 Å². The highest BCUT2D eigenvalue weighted by Gasteiger charge is 2.24. The lowest BCUT2D eigenvalue weighted by atomic mass is 10.2. The summed E-state index contributed by atoms with van der Waals surface area (Å²) >= 11 is 0. The lowest BCUT2D eigenvalue weighted by molar-refractivity contribution is 0.245. The molecule has 0 bridgehead atoms. The third kappa shape index (κ3) is 4.85. The second-order valence-electron chi connectivity index (χ2n) is 5.64. The van der Waals surface area contributed by atoms with Crippen LogP contribution in [-0.2, 0) is 6.54 Å². The first-order chi connectivity index (χ1) is 9.92. The van der Waals surface area contributed by atoms with Crippen molar-refractivity contribution in [1.29, 1.82) is 0 Å². The van der Waals surface area contributed by atoms with Gasteiger partial charge in [0.1, 0.15) is 0 Å². The molecule has 0 aromatic heterocycles. The van der Waals surface area contributed by atoms with Gasteiger partial charge in [0.25, 0.3) is 0 Å². The van der Waals surface area contributed by atoms with E-state index in [0.717, 1.165) is 38.6 Å². The molecule has 116 valence electrons. The van der Waals surface area contributed by atoms with Gasteiger partial charge in [0.05, 0.1) is 0 Å². The number of hydrogen-bond acceptors (Lipinski definition) is 4. The molecular weight excluding hydrogens is 375 g/mol. The van der Waals surface area contributed by atoms with E-state index in [4.69, 9.17) is 0 Å². The summed E-state index contributed by atoms with van der Waals surface area (Å²) in [7, 11) is 0. The van der Waals surface area contributed by atoms with Crippen molar-refractivity contribution in [1.82, 2.24) is 15.5 Å². The van der Waals surface area contributed by atoms with E-state index in [9.17, 15) is 0 Å². The second kappa shape index (κ2) is 8.58. The van der Waals surface area contributed by atoms with Gasteiger partial charge in [0.2, 0.25) is 0 Å². The van der Waals surface area contributed by atoms with Crippen LogP contribution in [0.2, 0.25) is 0 Å². The minimum Gasteiger partial charge on any atom is -0.356 e. The molecule has 0 radical (unpaired) electrons. The van der Waals surface area contributed by atoms with Gasteiger partial charge in [-0.25, -0.2) is 0 Å². The highest BCUT2D eigenvalue weighted by atomic mass is 127. The zero-order chi connectivity index (χ0) is 13.6. The topological polar surface area (TPSA) is 39.7 Å². The summed E-state index contributed by atoms with van der Waals surface area (Å²) in [5, 5.41) is 6.80. The van der Waals surface area contributed by atoms with Crippen molar-refractivity contribution >= 4 is 29.9 Å².